The fraction of sp³-hybridized carbons (Fsp3) is 0.0714. The van der Waals surface area contributed by atoms with Crippen molar-refractivity contribution in [1.29, 1.82) is 0 Å². The average Bonchev–Trinajstić information content (AvgIpc) is 2.47. The number of nitrogens with one attached hydrogen (secondary N) is 1. The molecular weight excluding hydrogens is 258 g/mol. The Morgan fingerprint density at radius 3 is 2.65 bits per heavy atom. The first-order chi connectivity index (χ1) is 9.60. The number of amides is 2. The van der Waals surface area contributed by atoms with Crippen molar-refractivity contribution >= 4 is 11.8 Å². The zero-order valence-electron chi connectivity index (χ0n) is 10.8. The maximum absolute atomic E-state index is 11.5. The summed E-state index contributed by atoms with van der Waals surface area (Å²) >= 11 is 0. The Labute approximate surface area is 115 Å². The lowest BCUT2D eigenvalue weighted by atomic mass is 10.2. The summed E-state index contributed by atoms with van der Waals surface area (Å²) in [7, 11) is 1.52. The number of aromatic nitrogens is 1. The van der Waals surface area contributed by atoms with Gasteiger partial charge in [0.05, 0.1) is 0 Å². The van der Waals surface area contributed by atoms with Gasteiger partial charge in [0.1, 0.15) is 17.2 Å². The number of carbonyl (C=O) groups is 2. The quantitative estimate of drug-likeness (QED) is 0.877. The summed E-state index contributed by atoms with van der Waals surface area (Å²) in [5, 5.41) is 2.48. The summed E-state index contributed by atoms with van der Waals surface area (Å²) < 4.78 is 5.58. The minimum absolute atomic E-state index is 0.246. The summed E-state index contributed by atoms with van der Waals surface area (Å²) in [6.07, 6.45) is 1.47. The monoisotopic (exact) mass is 271 g/mol. The summed E-state index contributed by atoms with van der Waals surface area (Å²) in [5.74, 6) is 0.0631. The molecule has 1 heterocycles. The number of pyridine rings is 1. The average molecular weight is 271 g/mol. The lowest BCUT2D eigenvalue weighted by molar-refractivity contribution is 0.0956. The Bertz CT molecular complexity index is 656. The largest absolute Gasteiger partial charge is 0.457 e. The number of rotatable bonds is 4. The molecule has 1 aromatic heterocycles. The molecule has 6 nitrogen and oxygen atoms in total. The third kappa shape index (κ3) is 3.11. The molecule has 0 aliphatic carbocycles. The Hall–Kier alpha value is -2.89. The number of carbonyl (C=O) groups excluding carboxylic acids is 2. The normalized spacial score (nSPS) is 9.85. The number of hydrogen-bond donors (Lipinski definition) is 2. The second-order valence-corrected chi connectivity index (χ2v) is 3.95. The van der Waals surface area contributed by atoms with Crippen molar-refractivity contribution in [3.63, 3.8) is 0 Å². The van der Waals surface area contributed by atoms with Gasteiger partial charge in [0, 0.05) is 24.9 Å². The third-order valence-corrected chi connectivity index (χ3v) is 2.55. The second-order valence-electron chi connectivity index (χ2n) is 3.95. The van der Waals surface area contributed by atoms with Crippen LogP contribution in [0.4, 0.5) is 0 Å². The van der Waals surface area contributed by atoms with Gasteiger partial charge in [-0.3, -0.25) is 14.6 Å². The van der Waals surface area contributed by atoms with Gasteiger partial charge in [0.2, 0.25) is 5.91 Å². The summed E-state index contributed by atoms with van der Waals surface area (Å²) in [6.45, 7) is 0. The Kier molecular flexibility index (Phi) is 3.95. The van der Waals surface area contributed by atoms with Crippen molar-refractivity contribution < 1.29 is 14.3 Å². The van der Waals surface area contributed by atoms with E-state index in [1.54, 1.807) is 24.3 Å². The third-order valence-electron chi connectivity index (χ3n) is 2.55. The van der Waals surface area contributed by atoms with Crippen LogP contribution < -0.4 is 15.8 Å². The Morgan fingerprint density at radius 1 is 1.20 bits per heavy atom. The highest BCUT2D eigenvalue weighted by atomic mass is 16.5. The van der Waals surface area contributed by atoms with Crippen LogP contribution >= 0.6 is 0 Å². The Morgan fingerprint density at radius 2 is 1.95 bits per heavy atom. The van der Waals surface area contributed by atoms with E-state index in [1.165, 1.54) is 25.4 Å². The molecule has 2 aromatic rings. The number of benzene rings is 1. The molecule has 0 fully saturated rings. The molecule has 0 atom stereocenters. The lowest BCUT2D eigenvalue weighted by Gasteiger charge is -2.07. The molecule has 20 heavy (non-hydrogen) atoms. The minimum atomic E-state index is -0.531. The van der Waals surface area contributed by atoms with Crippen LogP contribution in [-0.4, -0.2) is 23.8 Å². The fourth-order valence-corrected chi connectivity index (χ4v) is 1.58. The van der Waals surface area contributed by atoms with Crippen molar-refractivity contribution in [3.8, 4) is 11.5 Å². The van der Waals surface area contributed by atoms with Crippen LogP contribution in [0.15, 0.2) is 42.6 Å². The molecular formula is C14H13N3O3. The van der Waals surface area contributed by atoms with E-state index in [-0.39, 0.29) is 11.6 Å². The van der Waals surface area contributed by atoms with Crippen molar-refractivity contribution in [3.05, 3.63) is 53.9 Å². The highest BCUT2D eigenvalue weighted by Gasteiger charge is 2.07. The maximum Gasteiger partial charge on any atom is 0.269 e. The predicted molar refractivity (Wildman–Crippen MR) is 72.7 cm³/mol. The number of nitrogens with zero attached hydrogens (tertiary/aromatic N) is 1. The molecule has 2 rings (SSSR count). The summed E-state index contributed by atoms with van der Waals surface area (Å²) in [5.41, 5.74) is 5.80. The van der Waals surface area contributed by atoms with Gasteiger partial charge in [0.25, 0.3) is 5.91 Å². The first-order valence-electron chi connectivity index (χ1n) is 5.86. The van der Waals surface area contributed by atoms with Gasteiger partial charge in [-0.2, -0.15) is 0 Å². The van der Waals surface area contributed by atoms with E-state index in [2.05, 4.69) is 10.3 Å². The molecule has 0 aliphatic heterocycles. The number of nitrogens with two attached hydrogens (primary N) is 1. The van der Waals surface area contributed by atoms with Gasteiger partial charge in [-0.25, -0.2) is 0 Å². The molecule has 2 amide bonds. The molecule has 0 bridgehead atoms. The van der Waals surface area contributed by atoms with E-state index in [0.29, 0.717) is 17.1 Å². The molecule has 0 unspecified atom stereocenters. The molecule has 0 spiro atoms. The minimum Gasteiger partial charge on any atom is -0.457 e. The van der Waals surface area contributed by atoms with E-state index in [9.17, 15) is 9.59 Å². The van der Waals surface area contributed by atoms with Crippen LogP contribution in [-0.2, 0) is 0 Å². The molecule has 0 radical (unpaired) electrons. The fourth-order valence-electron chi connectivity index (χ4n) is 1.58. The van der Waals surface area contributed by atoms with Gasteiger partial charge >= 0.3 is 0 Å². The maximum atomic E-state index is 11.5. The smallest absolute Gasteiger partial charge is 0.269 e. The number of ether oxygens (including phenoxy) is 1. The SMILES string of the molecule is CNC(=O)c1cc(Oc2cccc(C(N)=O)c2)ccn1. The van der Waals surface area contributed by atoms with Crippen LogP contribution in [0.25, 0.3) is 0 Å². The van der Waals surface area contributed by atoms with Crippen LogP contribution in [0.2, 0.25) is 0 Å². The lowest BCUT2D eigenvalue weighted by Crippen LogP contribution is -2.18. The topological polar surface area (TPSA) is 94.3 Å². The number of hydrogen-bond acceptors (Lipinski definition) is 4. The molecule has 0 saturated carbocycles. The van der Waals surface area contributed by atoms with Gasteiger partial charge in [-0.05, 0) is 24.3 Å². The van der Waals surface area contributed by atoms with E-state index in [1.807, 2.05) is 0 Å². The molecule has 3 N–H and O–H groups in total. The van der Waals surface area contributed by atoms with Crippen LogP contribution in [0.1, 0.15) is 20.8 Å². The van der Waals surface area contributed by atoms with Gasteiger partial charge < -0.3 is 15.8 Å². The summed E-state index contributed by atoms with van der Waals surface area (Å²) in [6, 6.07) is 9.60. The van der Waals surface area contributed by atoms with E-state index in [0.717, 1.165) is 0 Å². The first kappa shape index (κ1) is 13.5. The van der Waals surface area contributed by atoms with E-state index < -0.39 is 5.91 Å². The molecule has 0 aliphatic rings. The molecule has 102 valence electrons. The van der Waals surface area contributed by atoms with Crippen molar-refractivity contribution in [2.24, 2.45) is 5.73 Å². The van der Waals surface area contributed by atoms with Crippen LogP contribution in [0.5, 0.6) is 11.5 Å². The van der Waals surface area contributed by atoms with Gasteiger partial charge in [-0.1, -0.05) is 6.07 Å². The highest BCUT2D eigenvalue weighted by Crippen LogP contribution is 2.22. The predicted octanol–water partition coefficient (Wildman–Crippen LogP) is 1.33. The molecule has 6 heteroatoms. The van der Waals surface area contributed by atoms with Gasteiger partial charge in [-0.15, -0.1) is 0 Å². The van der Waals surface area contributed by atoms with Gasteiger partial charge in [0.15, 0.2) is 0 Å². The zero-order valence-corrected chi connectivity index (χ0v) is 10.8. The first-order valence-corrected chi connectivity index (χ1v) is 5.86. The standard InChI is InChI=1S/C14H13N3O3/c1-16-14(19)12-8-11(5-6-17-12)20-10-4-2-3-9(7-10)13(15)18/h2-8H,1H3,(H2,15,18)(H,16,19). The second kappa shape index (κ2) is 5.83. The van der Waals surface area contributed by atoms with Crippen LogP contribution in [0.3, 0.4) is 0 Å². The zero-order chi connectivity index (χ0) is 14.5. The number of primary amides is 1. The van der Waals surface area contributed by atoms with E-state index in [4.69, 9.17) is 10.5 Å². The molecule has 1 aromatic carbocycles. The summed E-state index contributed by atoms with van der Waals surface area (Å²) in [4.78, 5) is 26.5. The Balaban J connectivity index is 2.24. The van der Waals surface area contributed by atoms with Crippen LogP contribution in [0, 0.1) is 0 Å². The molecule has 0 saturated heterocycles. The van der Waals surface area contributed by atoms with E-state index >= 15 is 0 Å². The van der Waals surface area contributed by atoms with Crippen molar-refractivity contribution in [2.75, 3.05) is 7.05 Å². The van der Waals surface area contributed by atoms with Crippen molar-refractivity contribution in [1.82, 2.24) is 10.3 Å². The van der Waals surface area contributed by atoms with Crippen molar-refractivity contribution in [2.45, 2.75) is 0 Å². The highest BCUT2D eigenvalue weighted by molar-refractivity contribution is 5.93.